The van der Waals surface area contributed by atoms with Crippen molar-refractivity contribution in [2.45, 2.75) is 18.4 Å². The largest absolute Gasteiger partial charge is 0.495 e. The van der Waals surface area contributed by atoms with Crippen LogP contribution in [0.3, 0.4) is 0 Å². The van der Waals surface area contributed by atoms with Crippen LogP contribution in [0.5, 0.6) is 5.75 Å². The third-order valence-electron chi connectivity index (χ3n) is 3.93. The summed E-state index contributed by atoms with van der Waals surface area (Å²) in [6, 6.07) is 6.71. The molecule has 8 nitrogen and oxygen atoms in total. The normalized spacial score (nSPS) is 11.8. The fourth-order valence-corrected chi connectivity index (χ4v) is 3.78. The molecule has 25 heavy (non-hydrogen) atoms. The van der Waals surface area contributed by atoms with Crippen LogP contribution in [0, 0.1) is 6.92 Å². The van der Waals surface area contributed by atoms with Gasteiger partial charge in [0, 0.05) is 37.2 Å². The highest BCUT2D eigenvalue weighted by molar-refractivity contribution is 7.89. The number of H-pyrrole nitrogens is 1. The number of aromatic amines is 1. The second-order valence-electron chi connectivity index (χ2n) is 5.57. The molecule has 3 rings (SSSR count). The minimum Gasteiger partial charge on any atom is -0.495 e. The molecule has 2 heterocycles. The van der Waals surface area contributed by atoms with Gasteiger partial charge in [-0.15, -0.1) is 0 Å². The highest BCUT2D eigenvalue weighted by atomic mass is 32.2. The van der Waals surface area contributed by atoms with E-state index in [1.807, 2.05) is 6.92 Å². The summed E-state index contributed by atoms with van der Waals surface area (Å²) in [5.74, 6) is 0.284. The van der Waals surface area contributed by atoms with Crippen molar-refractivity contribution in [2.24, 2.45) is 0 Å². The van der Waals surface area contributed by atoms with Gasteiger partial charge in [-0.1, -0.05) is 0 Å². The molecule has 0 radical (unpaired) electrons. The molecule has 3 aromatic rings. The third-order valence-corrected chi connectivity index (χ3v) is 5.76. The molecule has 132 valence electrons. The molecule has 0 atom stereocenters. The first-order valence-electron chi connectivity index (χ1n) is 7.56. The Balaban J connectivity index is 2.00. The molecule has 0 saturated carbocycles. The topological polar surface area (TPSA) is 93.1 Å². The van der Waals surface area contributed by atoms with Gasteiger partial charge in [-0.2, -0.15) is 14.5 Å². The molecular formula is C16H19N5O3S. The van der Waals surface area contributed by atoms with E-state index in [9.17, 15) is 8.42 Å². The van der Waals surface area contributed by atoms with Gasteiger partial charge < -0.3 is 4.74 Å². The molecule has 0 fully saturated rings. The van der Waals surface area contributed by atoms with Gasteiger partial charge in [0.2, 0.25) is 10.0 Å². The summed E-state index contributed by atoms with van der Waals surface area (Å²) < 4.78 is 34.2. The average molecular weight is 361 g/mol. The van der Waals surface area contributed by atoms with Crippen molar-refractivity contribution in [2.75, 3.05) is 14.2 Å². The van der Waals surface area contributed by atoms with Gasteiger partial charge >= 0.3 is 0 Å². The van der Waals surface area contributed by atoms with Crippen molar-refractivity contribution < 1.29 is 13.2 Å². The summed E-state index contributed by atoms with van der Waals surface area (Å²) in [5, 5.41) is 10.9. The van der Waals surface area contributed by atoms with Crippen LogP contribution < -0.4 is 4.74 Å². The molecule has 0 aliphatic carbocycles. The van der Waals surface area contributed by atoms with Crippen LogP contribution in [0.4, 0.5) is 0 Å². The van der Waals surface area contributed by atoms with Gasteiger partial charge in [-0.3, -0.25) is 5.10 Å². The SMILES string of the molecule is COc1ccc(-n2cccn2)cc1S(=O)(=O)N(C)Cc1cn[nH]c1C. The number of hydrogen-bond acceptors (Lipinski definition) is 5. The fourth-order valence-electron chi connectivity index (χ4n) is 2.46. The smallest absolute Gasteiger partial charge is 0.246 e. The number of hydrogen-bond donors (Lipinski definition) is 1. The molecule has 0 aliphatic rings. The number of aryl methyl sites for hydroxylation is 1. The molecule has 1 N–H and O–H groups in total. The predicted octanol–water partition coefficient (Wildman–Crippen LogP) is 1.73. The lowest BCUT2D eigenvalue weighted by atomic mass is 10.3. The molecule has 0 saturated heterocycles. The third kappa shape index (κ3) is 3.28. The fraction of sp³-hybridized carbons (Fsp3) is 0.250. The first-order chi connectivity index (χ1) is 11.9. The van der Waals surface area contributed by atoms with Crippen LogP contribution in [-0.4, -0.2) is 46.9 Å². The molecule has 0 aliphatic heterocycles. The monoisotopic (exact) mass is 361 g/mol. The number of aromatic nitrogens is 4. The van der Waals surface area contributed by atoms with E-state index >= 15 is 0 Å². The molecule has 2 aromatic heterocycles. The summed E-state index contributed by atoms with van der Waals surface area (Å²) in [6.07, 6.45) is 5.00. The molecule has 1 aromatic carbocycles. The summed E-state index contributed by atoms with van der Waals surface area (Å²) in [4.78, 5) is 0.0895. The number of nitrogens with one attached hydrogen (secondary N) is 1. The summed E-state index contributed by atoms with van der Waals surface area (Å²) in [6.45, 7) is 2.06. The summed E-state index contributed by atoms with van der Waals surface area (Å²) in [5.41, 5.74) is 2.28. The minimum atomic E-state index is -3.76. The summed E-state index contributed by atoms with van der Waals surface area (Å²) in [7, 11) is -0.786. The molecular weight excluding hydrogens is 342 g/mol. The van der Waals surface area contributed by atoms with Crippen LogP contribution in [0.1, 0.15) is 11.3 Å². The number of rotatable bonds is 6. The molecule has 0 amide bonds. The van der Waals surface area contributed by atoms with Crippen LogP contribution in [-0.2, 0) is 16.6 Å². The maximum absolute atomic E-state index is 13.1. The predicted molar refractivity (Wildman–Crippen MR) is 92.1 cm³/mol. The van der Waals surface area contributed by atoms with Gasteiger partial charge in [0.1, 0.15) is 10.6 Å². The van der Waals surface area contributed by atoms with E-state index < -0.39 is 10.0 Å². The minimum absolute atomic E-state index is 0.0895. The Kier molecular flexibility index (Phi) is 4.60. The van der Waals surface area contributed by atoms with E-state index in [-0.39, 0.29) is 17.2 Å². The standard InChI is InChI=1S/C16H19N5O3S/c1-12-13(10-17-19-12)11-20(2)25(22,23)16-9-14(5-6-15(16)24-3)21-8-4-7-18-21/h4-10H,11H2,1-3H3,(H,17,19). The Bertz CT molecular complexity index is 964. The highest BCUT2D eigenvalue weighted by Gasteiger charge is 2.26. The van der Waals surface area contributed by atoms with Gasteiger partial charge in [-0.25, -0.2) is 13.1 Å². The van der Waals surface area contributed by atoms with Gasteiger partial charge in [0.25, 0.3) is 0 Å². The maximum atomic E-state index is 13.1. The van der Waals surface area contributed by atoms with Crippen molar-refractivity contribution >= 4 is 10.0 Å². The second-order valence-corrected chi connectivity index (χ2v) is 7.58. The zero-order chi connectivity index (χ0) is 18.0. The number of sulfonamides is 1. The molecule has 0 bridgehead atoms. The van der Waals surface area contributed by atoms with Crippen LogP contribution in [0.15, 0.2) is 47.8 Å². The zero-order valence-corrected chi connectivity index (χ0v) is 15.0. The second kappa shape index (κ2) is 6.69. The van der Waals surface area contributed by atoms with Crippen LogP contribution in [0.2, 0.25) is 0 Å². The van der Waals surface area contributed by atoms with Gasteiger partial charge in [0.05, 0.1) is 19.0 Å². The van der Waals surface area contributed by atoms with E-state index in [1.165, 1.54) is 18.5 Å². The van der Waals surface area contributed by atoms with Crippen molar-refractivity contribution in [1.82, 2.24) is 24.3 Å². The number of nitrogens with zero attached hydrogens (tertiary/aromatic N) is 4. The Morgan fingerprint density at radius 1 is 1.36 bits per heavy atom. The number of methoxy groups -OCH3 is 1. The zero-order valence-electron chi connectivity index (χ0n) is 14.2. The van der Waals surface area contributed by atoms with Crippen LogP contribution >= 0.6 is 0 Å². The Labute approximate surface area is 146 Å². The van der Waals surface area contributed by atoms with E-state index in [0.29, 0.717) is 5.69 Å². The first-order valence-corrected chi connectivity index (χ1v) is 9.00. The van der Waals surface area contributed by atoms with Crippen molar-refractivity contribution in [3.63, 3.8) is 0 Å². The van der Waals surface area contributed by atoms with Gasteiger partial charge in [0.15, 0.2) is 0 Å². The number of benzene rings is 1. The Morgan fingerprint density at radius 2 is 2.16 bits per heavy atom. The van der Waals surface area contributed by atoms with Crippen molar-refractivity contribution in [1.29, 1.82) is 0 Å². The highest BCUT2D eigenvalue weighted by Crippen LogP contribution is 2.29. The van der Waals surface area contributed by atoms with E-state index in [1.54, 1.807) is 47.5 Å². The molecule has 0 spiro atoms. The average Bonchev–Trinajstić information content (AvgIpc) is 3.26. The first kappa shape index (κ1) is 17.2. The Hall–Kier alpha value is -2.65. The van der Waals surface area contributed by atoms with Gasteiger partial charge in [-0.05, 0) is 31.2 Å². The van der Waals surface area contributed by atoms with Crippen molar-refractivity contribution in [3.8, 4) is 11.4 Å². The van der Waals surface area contributed by atoms with E-state index in [0.717, 1.165) is 11.3 Å². The quantitative estimate of drug-likeness (QED) is 0.722. The van der Waals surface area contributed by atoms with E-state index in [4.69, 9.17) is 4.74 Å². The lowest BCUT2D eigenvalue weighted by Crippen LogP contribution is -2.27. The molecule has 0 unspecified atom stereocenters. The summed E-state index contributed by atoms with van der Waals surface area (Å²) >= 11 is 0. The number of ether oxygens (including phenoxy) is 1. The lowest BCUT2D eigenvalue weighted by Gasteiger charge is -2.19. The maximum Gasteiger partial charge on any atom is 0.246 e. The molecule has 9 heteroatoms. The Morgan fingerprint density at radius 3 is 2.76 bits per heavy atom. The van der Waals surface area contributed by atoms with Crippen molar-refractivity contribution in [3.05, 3.63) is 54.1 Å². The van der Waals surface area contributed by atoms with E-state index in [2.05, 4.69) is 15.3 Å². The van der Waals surface area contributed by atoms with Crippen LogP contribution in [0.25, 0.3) is 5.69 Å². The lowest BCUT2D eigenvalue weighted by molar-refractivity contribution is 0.397.